The normalized spacial score (nSPS) is 10.5. The van der Waals surface area contributed by atoms with Gasteiger partial charge in [0.15, 0.2) is 0 Å². The van der Waals surface area contributed by atoms with E-state index in [1.54, 1.807) is 0 Å². The Labute approximate surface area is 147 Å². The molecule has 0 fully saturated rings. The van der Waals surface area contributed by atoms with Gasteiger partial charge in [-0.05, 0) is 66.8 Å². The number of pyridine rings is 1. The topological polar surface area (TPSA) is 33.2 Å². The van der Waals surface area contributed by atoms with Crippen LogP contribution in [0.1, 0.15) is 28.7 Å². The molecule has 0 saturated heterocycles. The zero-order chi connectivity index (χ0) is 15.4. The Morgan fingerprint density at radius 3 is 2.76 bits per heavy atom. The van der Waals surface area contributed by atoms with Crippen molar-refractivity contribution in [3.63, 3.8) is 0 Å². The first-order valence-corrected chi connectivity index (χ1v) is 8.55. The van der Waals surface area contributed by atoms with E-state index in [9.17, 15) is 4.79 Å². The van der Waals surface area contributed by atoms with Crippen LogP contribution in [0.3, 0.4) is 0 Å². The summed E-state index contributed by atoms with van der Waals surface area (Å²) in [4.78, 5) is 19.0. The largest absolute Gasteiger partial charge is 0.333 e. The summed E-state index contributed by atoms with van der Waals surface area (Å²) in [7, 11) is 0. The molecule has 0 aliphatic carbocycles. The number of benzene rings is 1. The summed E-state index contributed by atoms with van der Waals surface area (Å²) >= 11 is 5.62. The maximum atomic E-state index is 12.7. The van der Waals surface area contributed by atoms with E-state index in [0.29, 0.717) is 13.1 Å². The molecule has 0 saturated carbocycles. The molecule has 1 aromatic carbocycles. The Kier molecular flexibility index (Phi) is 5.75. The lowest BCUT2D eigenvalue weighted by atomic mass is 10.2. The second kappa shape index (κ2) is 7.35. The number of halogens is 2. The number of aromatic nitrogens is 1. The first-order chi connectivity index (χ1) is 10.0. The number of rotatable bonds is 4. The van der Waals surface area contributed by atoms with Gasteiger partial charge < -0.3 is 4.90 Å². The van der Waals surface area contributed by atoms with Gasteiger partial charge >= 0.3 is 0 Å². The average molecular weight is 459 g/mol. The van der Waals surface area contributed by atoms with Gasteiger partial charge in [0.25, 0.3) is 5.91 Å². The second-order valence-corrected chi connectivity index (χ2v) is 6.79. The lowest BCUT2D eigenvalue weighted by Crippen LogP contribution is -2.31. The van der Waals surface area contributed by atoms with E-state index in [-0.39, 0.29) is 5.91 Å². The number of aryl methyl sites for hydroxylation is 1. The Bertz CT molecular complexity index is 660. The van der Waals surface area contributed by atoms with Crippen LogP contribution < -0.4 is 0 Å². The summed E-state index contributed by atoms with van der Waals surface area (Å²) in [6.07, 6.45) is 0. The number of hydrogen-bond donors (Lipinski definition) is 0. The van der Waals surface area contributed by atoms with Crippen LogP contribution in [0.5, 0.6) is 0 Å². The molecule has 0 N–H and O–H groups in total. The van der Waals surface area contributed by atoms with E-state index in [1.807, 2.05) is 55.1 Å². The highest BCUT2D eigenvalue weighted by molar-refractivity contribution is 14.1. The molecule has 3 nitrogen and oxygen atoms in total. The van der Waals surface area contributed by atoms with E-state index in [2.05, 4.69) is 43.5 Å². The van der Waals surface area contributed by atoms with Crippen LogP contribution in [0.4, 0.5) is 0 Å². The SMILES string of the molecule is CCN(Cc1cccc(C)n1)C(=O)c1cc(Br)ccc1I. The number of carbonyl (C=O) groups excluding carboxylic acids is 1. The van der Waals surface area contributed by atoms with E-state index in [0.717, 1.165) is 25.0 Å². The molecule has 110 valence electrons. The highest BCUT2D eigenvalue weighted by Gasteiger charge is 2.18. The van der Waals surface area contributed by atoms with Crippen LogP contribution in [0.25, 0.3) is 0 Å². The van der Waals surface area contributed by atoms with Gasteiger partial charge in [-0.15, -0.1) is 0 Å². The summed E-state index contributed by atoms with van der Waals surface area (Å²) in [5.41, 5.74) is 2.60. The standard InChI is InChI=1S/C16H16BrIN2O/c1-3-20(10-13-6-4-5-11(2)19-13)16(21)14-9-12(17)7-8-15(14)18/h4-9H,3,10H2,1-2H3. The predicted octanol–water partition coefficient (Wildman–Crippen LogP) is 4.42. The molecule has 1 amide bonds. The lowest BCUT2D eigenvalue weighted by molar-refractivity contribution is 0.0749. The number of hydrogen-bond acceptors (Lipinski definition) is 2. The number of carbonyl (C=O) groups is 1. The molecule has 0 spiro atoms. The molecule has 0 aliphatic rings. The van der Waals surface area contributed by atoms with Crippen LogP contribution in [-0.2, 0) is 6.54 Å². The van der Waals surface area contributed by atoms with E-state index < -0.39 is 0 Å². The van der Waals surface area contributed by atoms with Crippen LogP contribution in [0, 0.1) is 10.5 Å². The summed E-state index contributed by atoms with van der Waals surface area (Å²) in [6.45, 7) is 5.12. The van der Waals surface area contributed by atoms with Crippen LogP contribution in [-0.4, -0.2) is 22.3 Å². The van der Waals surface area contributed by atoms with Crippen molar-refractivity contribution in [3.05, 3.63) is 61.4 Å². The van der Waals surface area contributed by atoms with Crippen LogP contribution >= 0.6 is 38.5 Å². The first-order valence-electron chi connectivity index (χ1n) is 6.68. The van der Waals surface area contributed by atoms with Gasteiger partial charge in [0.2, 0.25) is 0 Å². The van der Waals surface area contributed by atoms with Crippen molar-refractivity contribution >= 4 is 44.4 Å². The van der Waals surface area contributed by atoms with Crippen LogP contribution in [0.15, 0.2) is 40.9 Å². The van der Waals surface area contributed by atoms with E-state index in [4.69, 9.17) is 0 Å². The van der Waals surface area contributed by atoms with Gasteiger partial charge in [-0.25, -0.2) is 0 Å². The van der Waals surface area contributed by atoms with Crippen molar-refractivity contribution < 1.29 is 4.79 Å². The third-order valence-corrected chi connectivity index (χ3v) is 4.56. The molecule has 2 rings (SSSR count). The maximum Gasteiger partial charge on any atom is 0.255 e. The minimum Gasteiger partial charge on any atom is -0.333 e. The Morgan fingerprint density at radius 2 is 2.10 bits per heavy atom. The molecular formula is C16H16BrIN2O. The summed E-state index contributed by atoms with van der Waals surface area (Å²) in [5, 5.41) is 0. The predicted molar refractivity (Wildman–Crippen MR) is 96.2 cm³/mol. The highest BCUT2D eigenvalue weighted by atomic mass is 127. The third kappa shape index (κ3) is 4.26. The molecule has 0 atom stereocenters. The highest BCUT2D eigenvalue weighted by Crippen LogP contribution is 2.20. The van der Waals surface area contributed by atoms with Gasteiger partial charge in [-0.2, -0.15) is 0 Å². The molecule has 1 aromatic heterocycles. The number of amides is 1. The third-order valence-electron chi connectivity index (χ3n) is 3.13. The van der Waals surface area contributed by atoms with Gasteiger partial charge in [0.1, 0.15) is 0 Å². The van der Waals surface area contributed by atoms with Crippen molar-refractivity contribution in [1.82, 2.24) is 9.88 Å². The minimum absolute atomic E-state index is 0.0338. The quantitative estimate of drug-likeness (QED) is 0.635. The molecule has 0 bridgehead atoms. The number of nitrogens with zero attached hydrogens (tertiary/aromatic N) is 2. The Balaban J connectivity index is 2.24. The van der Waals surface area contributed by atoms with E-state index in [1.165, 1.54) is 0 Å². The fourth-order valence-corrected chi connectivity index (χ4v) is 2.97. The summed E-state index contributed by atoms with van der Waals surface area (Å²) in [5.74, 6) is 0.0338. The Hall–Kier alpha value is -0.950. The molecule has 21 heavy (non-hydrogen) atoms. The van der Waals surface area contributed by atoms with Crippen molar-refractivity contribution in [3.8, 4) is 0 Å². The van der Waals surface area contributed by atoms with Crippen molar-refractivity contribution in [2.75, 3.05) is 6.54 Å². The fraction of sp³-hybridized carbons (Fsp3) is 0.250. The van der Waals surface area contributed by atoms with Crippen molar-refractivity contribution in [2.45, 2.75) is 20.4 Å². The zero-order valence-corrected chi connectivity index (χ0v) is 15.7. The van der Waals surface area contributed by atoms with Crippen molar-refractivity contribution in [1.29, 1.82) is 0 Å². The molecule has 1 heterocycles. The van der Waals surface area contributed by atoms with Crippen LogP contribution in [0.2, 0.25) is 0 Å². The minimum atomic E-state index is 0.0338. The average Bonchev–Trinajstić information content (AvgIpc) is 2.46. The molecular weight excluding hydrogens is 443 g/mol. The zero-order valence-electron chi connectivity index (χ0n) is 11.9. The molecule has 5 heteroatoms. The molecule has 0 radical (unpaired) electrons. The lowest BCUT2D eigenvalue weighted by Gasteiger charge is -2.21. The van der Waals surface area contributed by atoms with E-state index >= 15 is 0 Å². The smallest absolute Gasteiger partial charge is 0.255 e. The summed E-state index contributed by atoms with van der Waals surface area (Å²) in [6, 6.07) is 11.6. The fourth-order valence-electron chi connectivity index (χ4n) is 2.04. The molecule has 0 unspecified atom stereocenters. The Morgan fingerprint density at radius 1 is 1.33 bits per heavy atom. The van der Waals surface area contributed by atoms with Gasteiger partial charge in [0.05, 0.1) is 17.8 Å². The van der Waals surface area contributed by atoms with Gasteiger partial charge in [-0.3, -0.25) is 9.78 Å². The monoisotopic (exact) mass is 458 g/mol. The van der Waals surface area contributed by atoms with Crippen molar-refractivity contribution in [2.24, 2.45) is 0 Å². The summed E-state index contributed by atoms with van der Waals surface area (Å²) < 4.78 is 1.87. The maximum absolute atomic E-state index is 12.7. The van der Waals surface area contributed by atoms with Gasteiger partial charge in [0, 0.05) is 20.3 Å². The van der Waals surface area contributed by atoms with Gasteiger partial charge in [-0.1, -0.05) is 22.0 Å². The second-order valence-electron chi connectivity index (χ2n) is 4.71. The molecule has 2 aromatic rings. The molecule has 0 aliphatic heterocycles. The first kappa shape index (κ1) is 16.4.